The van der Waals surface area contributed by atoms with Crippen LogP contribution in [0.1, 0.15) is 23.5 Å². The zero-order valence-corrected chi connectivity index (χ0v) is 11.0. The first-order valence-corrected chi connectivity index (χ1v) is 6.60. The number of aryl methyl sites for hydroxylation is 1. The molecule has 92 valence electrons. The van der Waals surface area contributed by atoms with Gasteiger partial charge in [0.25, 0.3) is 0 Å². The Hall–Kier alpha value is -1.72. The maximum atomic E-state index is 5.80. The topological polar surface area (TPSA) is 64.9 Å². The van der Waals surface area contributed by atoms with Crippen LogP contribution < -0.4 is 5.73 Å². The predicted molar refractivity (Wildman–Crippen MR) is 72.5 cm³/mol. The summed E-state index contributed by atoms with van der Waals surface area (Å²) in [4.78, 5) is 8.90. The summed E-state index contributed by atoms with van der Waals surface area (Å²) in [6.07, 6.45) is 0. The van der Waals surface area contributed by atoms with E-state index in [-0.39, 0.29) is 6.04 Å². The lowest BCUT2D eigenvalue weighted by atomic mass is 10.2. The average Bonchev–Trinajstić information content (AvgIpc) is 2.95. The number of para-hydroxylation sites is 1. The highest BCUT2D eigenvalue weighted by Gasteiger charge is 2.14. The molecule has 1 atom stereocenters. The van der Waals surface area contributed by atoms with Crippen LogP contribution in [0, 0.1) is 6.92 Å². The quantitative estimate of drug-likeness (QED) is 0.767. The Balaban J connectivity index is 2.10. The highest BCUT2D eigenvalue weighted by molar-refractivity contribution is 7.10. The number of benzene rings is 1. The van der Waals surface area contributed by atoms with Crippen molar-refractivity contribution in [1.29, 1.82) is 0 Å². The first-order chi connectivity index (χ1) is 8.65. The van der Waals surface area contributed by atoms with Crippen LogP contribution in [0.3, 0.4) is 0 Å². The van der Waals surface area contributed by atoms with Gasteiger partial charge in [-0.05, 0) is 25.5 Å². The second-order valence-corrected chi connectivity index (χ2v) is 5.19. The second-order valence-electron chi connectivity index (χ2n) is 4.30. The van der Waals surface area contributed by atoms with Crippen LogP contribution in [-0.4, -0.2) is 9.97 Å². The van der Waals surface area contributed by atoms with Gasteiger partial charge in [0.1, 0.15) is 16.2 Å². The van der Waals surface area contributed by atoms with E-state index in [1.54, 1.807) is 0 Å². The van der Waals surface area contributed by atoms with Crippen LogP contribution in [0.15, 0.2) is 28.0 Å². The first kappa shape index (κ1) is 11.4. The van der Waals surface area contributed by atoms with Gasteiger partial charge in [-0.25, -0.2) is 9.97 Å². The van der Waals surface area contributed by atoms with E-state index in [1.165, 1.54) is 11.3 Å². The van der Waals surface area contributed by atoms with E-state index in [0.717, 1.165) is 27.4 Å². The van der Waals surface area contributed by atoms with E-state index in [2.05, 4.69) is 9.97 Å². The number of aromatic nitrogens is 2. The largest absolute Gasteiger partial charge is 0.434 e. The normalized spacial score (nSPS) is 13.1. The molecular weight excluding hydrogens is 246 g/mol. The fraction of sp³-hybridized carbons (Fsp3) is 0.231. The summed E-state index contributed by atoms with van der Waals surface area (Å²) >= 11 is 1.53. The molecule has 0 spiro atoms. The van der Waals surface area contributed by atoms with Crippen molar-refractivity contribution in [3.8, 4) is 11.6 Å². The molecule has 0 bridgehead atoms. The van der Waals surface area contributed by atoms with E-state index < -0.39 is 0 Å². The van der Waals surface area contributed by atoms with E-state index in [1.807, 2.05) is 37.4 Å². The summed E-state index contributed by atoms with van der Waals surface area (Å²) in [5.41, 5.74) is 9.32. The number of thiazole rings is 1. The molecule has 0 amide bonds. The molecule has 0 aliphatic heterocycles. The number of nitrogens with two attached hydrogens (primary N) is 1. The Morgan fingerprint density at radius 2 is 2.17 bits per heavy atom. The summed E-state index contributed by atoms with van der Waals surface area (Å²) in [5, 5.41) is 2.82. The van der Waals surface area contributed by atoms with Crippen LogP contribution >= 0.6 is 11.3 Å². The van der Waals surface area contributed by atoms with Crippen molar-refractivity contribution in [3.05, 3.63) is 34.2 Å². The predicted octanol–water partition coefficient (Wildman–Crippen LogP) is 3.28. The third-order valence-electron chi connectivity index (χ3n) is 2.74. The lowest BCUT2D eigenvalue weighted by Crippen LogP contribution is -2.03. The first-order valence-electron chi connectivity index (χ1n) is 5.72. The number of hydrogen-bond donors (Lipinski definition) is 1. The lowest BCUT2D eigenvalue weighted by molar-refractivity contribution is 0.614. The summed E-state index contributed by atoms with van der Waals surface area (Å²) in [6.45, 7) is 3.92. The van der Waals surface area contributed by atoms with Crippen molar-refractivity contribution < 1.29 is 4.42 Å². The second kappa shape index (κ2) is 4.19. The maximum Gasteiger partial charge on any atom is 0.247 e. The molecule has 0 aliphatic rings. The van der Waals surface area contributed by atoms with Crippen molar-refractivity contribution in [3.63, 3.8) is 0 Å². The van der Waals surface area contributed by atoms with Gasteiger partial charge in [-0.1, -0.05) is 12.1 Å². The van der Waals surface area contributed by atoms with Crippen LogP contribution in [0.5, 0.6) is 0 Å². The van der Waals surface area contributed by atoms with Gasteiger partial charge < -0.3 is 10.2 Å². The van der Waals surface area contributed by atoms with E-state index in [4.69, 9.17) is 10.2 Å². The molecule has 0 saturated heterocycles. The molecule has 3 rings (SSSR count). The molecule has 0 aliphatic carbocycles. The van der Waals surface area contributed by atoms with Crippen molar-refractivity contribution in [2.45, 2.75) is 19.9 Å². The van der Waals surface area contributed by atoms with Gasteiger partial charge in [-0.2, -0.15) is 0 Å². The van der Waals surface area contributed by atoms with Crippen molar-refractivity contribution >= 4 is 22.4 Å². The molecule has 0 fully saturated rings. The molecule has 4 nitrogen and oxygen atoms in total. The van der Waals surface area contributed by atoms with Gasteiger partial charge in [-0.15, -0.1) is 11.3 Å². The highest BCUT2D eigenvalue weighted by Crippen LogP contribution is 2.28. The summed E-state index contributed by atoms with van der Waals surface area (Å²) < 4.78 is 5.77. The number of nitrogens with zero attached hydrogens (tertiary/aromatic N) is 2. The smallest absolute Gasteiger partial charge is 0.247 e. The maximum absolute atomic E-state index is 5.80. The number of fused-ring (bicyclic) bond motifs is 1. The minimum atomic E-state index is -0.0603. The number of rotatable bonds is 2. The molecule has 0 radical (unpaired) electrons. The van der Waals surface area contributed by atoms with Crippen LogP contribution in [0.2, 0.25) is 0 Å². The van der Waals surface area contributed by atoms with Gasteiger partial charge in [0.05, 0.1) is 6.04 Å². The number of hydrogen-bond acceptors (Lipinski definition) is 5. The molecule has 3 aromatic rings. The Bertz CT molecular complexity index is 699. The molecule has 2 aromatic heterocycles. The Labute approximate surface area is 108 Å². The monoisotopic (exact) mass is 259 g/mol. The molecular formula is C13H13N3OS. The van der Waals surface area contributed by atoms with Crippen molar-refractivity contribution in [2.24, 2.45) is 5.73 Å². The van der Waals surface area contributed by atoms with Crippen LogP contribution in [-0.2, 0) is 0 Å². The van der Waals surface area contributed by atoms with Gasteiger partial charge >= 0.3 is 0 Å². The third-order valence-corrected chi connectivity index (χ3v) is 3.79. The fourth-order valence-electron chi connectivity index (χ4n) is 1.79. The molecule has 1 aromatic carbocycles. The number of oxazole rings is 1. The standard InChI is InChI=1S/C13H13N3OS/c1-7-4-3-5-9-11(7)17-12(15-9)10-6-18-13(16-10)8(2)14/h3-6,8H,14H2,1-2H3. The van der Waals surface area contributed by atoms with Crippen LogP contribution in [0.4, 0.5) is 0 Å². The van der Waals surface area contributed by atoms with Crippen LogP contribution in [0.25, 0.3) is 22.7 Å². The van der Waals surface area contributed by atoms with E-state index in [9.17, 15) is 0 Å². The SMILES string of the molecule is Cc1cccc2nc(-c3csc(C(C)N)n3)oc12. The lowest BCUT2D eigenvalue weighted by Gasteiger charge is -1.96. The third kappa shape index (κ3) is 1.81. The summed E-state index contributed by atoms with van der Waals surface area (Å²) in [5.74, 6) is 0.558. The Morgan fingerprint density at radius 3 is 2.83 bits per heavy atom. The van der Waals surface area contributed by atoms with E-state index in [0.29, 0.717) is 5.89 Å². The molecule has 2 N–H and O–H groups in total. The van der Waals surface area contributed by atoms with Gasteiger partial charge in [-0.3, -0.25) is 0 Å². The highest BCUT2D eigenvalue weighted by atomic mass is 32.1. The molecule has 0 saturated carbocycles. The zero-order valence-electron chi connectivity index (χ0n) is 10.2. The Morgan fingerprint density at radius 1 is 1.33 bits per heavy atom. The Kier molecular flexibility index (Phi) is 2.65. The summed E-state index contributed by atoms with van der Waals surface area (Å²) in [7, 11) is 0. The minimum absolute atomic E-state index is 0.0603. The fourth-order valence-corrected chi connectivity index (χ4v) is 2.54. The minimum Gasteiger partial charge on any atom is -0.434 e. The zero-order chi connectivity index (χ0) is 12.7. The van der Waals surface area contributed by atoms with E-state index >= 15 is 0 Å². The molecule has 1 unspecified atom stereocenters. The van der Waals surface area contributed by atoms with Crippen molar-refractivity contribution in [2.75, 3.05) is 0 Å². The molecule has 18 heavy (non-hydrogen) atoms. The van der Waals surface area contributed by atoms with Crippen molar-refractivity contribution in [1.82, 2.24) is 9.97 Å². The molecule has 2 heterocycles. The van der Waals surface area contributed by atoms with Gasteiger partial charge in [0, 0.05) is 5.38 Å². The summed E-state index contributed by atoms with van der Waals surface area (Å²) in [6, 6.07) is 5.85. The average molecular weight is 259 g/mol. The van der Waals surface area contributed by atoms with Gasteiger partial charge in [0.2, 0.25) is 5.89 Å². The molecule has 5 heteroatoms. The van der Waals surface area contributed by atoms with Gasteiger partial charge in [0.15, 0.2) is 5.58 Å².